The fourth-order valence-electron chi connectivity index (χ4n) is 3.04. The van der Waals surface area contributed by atoms with Crippen molar-refractivity contribution in [2.24, 2.45) is 18.4 Å². The molecular weight excluding hydrogens is 282 g/mol. The van der Waals surface area contributed by atoms with E-state index in [4.69, 9.17) is 4.74 Å². The summed E-state index contributed by atoms with van der Waals surface area (Å²) in [5.41, 5.74) is 0.325. The van der Waals surface area contributed by atoms with E-state index in [1.807, 2.05) is 34.0 Å². The van der Waals surface area contributed by atoms with Gasteiger partial charge in [-0.15, -0.1) is 0 Å². The van der Waals surface area contributed by atoms with Gasteiger partial charge in [-0.1, -0.05) is 13.8 Å². The van der Waals surface area contributed by atoms with Gasteiger partial charge in [0.1, 0.15) is 0 Å². The fourth-order valence-corrected chi connectivity index (χ4v) is 3.04. The van der Waals surface area contributed by atoms with Crippen molar-refractivity contribution in [2.75, 3.05) is 19.7 Å². The predicted molar refractivity (Wildman–Crippen MR) is 82.0 cm³/mol. The smallest absolute Gasteiger partial charge is 0.314 e. The first-order valence-corrected chi connectivity index (χ1v) is 7.81. The lowest BCUT2D eigenvalue weighted by molar-refractivity contribution is -0.157. The van der Waals surface area contributed by atoms with Gasteiger partial charge in [-0.3, -0.25) is 14.3 Å². The number of nitrogens with zero attached hydrogens (tertiary/aromatic N) is 3. The summed E-state index contributed by atoms with van der Waals surface area (Å²) in [7, 11) is 1.83. The molecule has 0 spiro atoms. The van der Waals surface area contributed by atoms with Gasteiger partial charge in [-0.05, 0) is 24.8 Å². The van der Waals surface area contributed by atoms with Crippen LogP contribution in [0.1, 0.15) is 32.8 Å². The second kappa shape index (κ2) is 6.50. The normalized spacial score (nSPS) is 21.4. The Hall–Kier alpha value is -1.85. The number of esters is 1. The summed E-state index contributed by atoms with van der Waals surface area (Å²) < 4.78 is 6.93. The molecule has 0 saturated carbocycles. The molecule has 1 atom stereocenters. The van der Waals surface area contributed by atoms with Crippen molar-refractivity contribution < 1.29 is 14.3 Å². The van der Waals surface area contributed by atoms with Crippen molar-refractivity contribution in [1.29, 1.82) is 0 Å². The first-order chi connectivity index (χ1) is 10.4. The van der Waals surface area contributed by atoms with Crippen molar-refractivity contribution in [1.82, 2.24) is 14.7 Å². The van der Waals surface area contributed by atoms with E-state index in [0.29, 0.717) is 32.5 Å². The highest BCUT2D eigenvalue weighted by atomic mass is 16.5. The molecule has 122 valence electrons. The number of rotatable bonds is 5. The Morgan fingerprint density at radius 2 is 2.18 bits per heavy atom. The summed E-state index contributed by atoms with van der Waals surface area (Å²) in [6, 6.07) is 0. The predicted octanol–water partition coefficient (Wildman–Crippen LogP) is 1.40. The van der Waals surface area contributed by atoms with E-state index in [0.717, 1.165) is 5.56 Å². The maximum absolute atomic E-state index is 12.5. The van der Waals surface area contributed by atoms with Crippen molar-refractivity contribution in [3.05, 3.63) is 18.0 Å². The maximum Gasteiger partial charge on any atom is 0.314 e. The third-order valence-corrected chi connectivity index (χ3v) is 4.55. The minimum atomic E-state index is -0.569. The number of hydrogen-bond donors (Lipinski definition) is 0. The first kappa shape index (κ1) is 16.5. The Balaban J connectivity index is 2.06. The number of carbonyl (C=O) groups excluding carboxylic acids is 2. The van der Waals surface area contributed by atoms with Crippen LogP contribution in [0.25, 0.3) is 0 Å². The highest BCUT2D eigenvalue weighted by Crippen LogP contribution is 2.39. The fraction of sp³-hybridized carbons (Fsp3) is 0.688. The lowest BCUT2D eigenvalue weighted by Crippen LogP contribution is -2.42. The van der Waals surface area contributed by atoms with Gasteiger partial charge in [0.2, 0.25) is 5.91 Å². The number of carbonyl (C=O) groups is 2. The molecule has 0 N–H and O–H groups in total. The van der Waals surface area contributed by atoms with Crippen molar-refractivity contribution >= 4 is 11.9 Å². The average molecular weight is 307 g/mol. The molecule has 2 heterocycles. The number of ether oxygens (including phenoxy) is 1. The van der Waals surface area contributed by atoms with E-state index in [1.165, 1.54) is 0 Å². The number of likely N-dealkylation sites (tertiary alicyclic amines) is 1. The molecule has 1 amide bonds. The molecule has 1 unspecified atom stereocenters. The molecule has 1 saturated heterocycles. The highest BCUT2D eigenvalue weighted by Gasteiger charge is 2.49. The number of amides is 1. The largest absolute Gasteiger partial charge is 0.466 e. The lowest BCUT2D eigenvalue weighted by atomic mass is 9.76. The molecule has 1 aromatic heterocycles. The molecule has 1 aliphatic rings. The van der Waals surface area contributed by atoms with E-state index >= 15 is 0 Å². The summed E-state index contributed by atoms with van der Waals surface area (Å²) in [6.45, 7) is 7.28. The summed E-state index contributed by atoms with van der Waals surface area (Å²) in [4.78, 5) is 26.6. The van der Waals surface area contributed by atoms with Gasteiger partial charge in [-0.25, -0.2) is 0 Å². The molecule has 2 rings (SSSR count). The van der Waals surface area contributed by atoms with E-state index in [2.05, 4.69) is 5.10 Å². The third kappa shape index (κ3) is 3.15. The minimum absolute atomic E-state index is 0.0415. The number of hydrogen-bond acceptors (Lipinski definition) is 4. The Kier molecular flexibility index (Phi) is 4.88. The standard InChI is InChI=1S/C16H25N3O3/c1-5-22-15(21)16(12(2)3)6-7-19(11-16)14(20)8-13-9-17-18(4)10-13/h9-10,12H,5-8,11H2,1-4H3. The monoisotopic (exact) mass is 307 g/mol. The zero-order valence-electron chi connectivity index (χ0n) is 13.8. The molecule has 1 aliphatic heterocycles. The van der Waals surface area contributed by atoms with Crippen LogP contribution >= 0.6 is 0 Å². The Morgan fingerprint density at radius 3 is 2.73 bits per heavy atom. The van der Waals surface area contributed by atoms with Crippen molar-refractivity contribution in [3.63, 3.8) is 0 Å². The van der Waals surface area contributed by atoms with Crippen LogP contribution in [0.15, 0.2) is 12.4 Å². The molecule has 0 aliphatic carbocycles. The van der Waals surface area contributed by atoms with Crippen LogP contribution in [0, 0.1) is 11.3 Å². The SMILES string of the molecule is CCOC(=O)C1(C(C)C)CCN(C(=O)Cc2cnn(C)c2)C1. The second-order valence-corrected chi connectivity index (χ2v) is 6.30. The first-order valence-electron chi connectivity index (χ1n) is 7.81. The average Bonchev–Trinajstić information content (AvgIpc) is 3.06. The van der Waals surface area contributed by atoms with E-state index in [1.54, 1.807) is 15.8 Å². The van der Waals surface area contributed by atoms with Crippen LogP contribution in [0.3, 0.4) is 0 Å². The third-order valence-electron chi connectivity index (χ3n) is 4.55. The molecule has 0 aromatic carbocycles. The molecule has 1 fully saturated rings. The lowest BCUT2D eigenvalue weighted by Gasteiger charge is -2.30. The van der Waals surface area contributed by atoms with Gasteiger partial charge in [0.25, 0.3) is 0 Å². The summed E-state index contributed by atoms with van der Waals surface area (Å²) in [6.07, 6.45) is 4.54. The zero-order valence-corrected chi connectivity index (χ0v) is 13.8. The summed E-state index contributed by atoms with van der Waals surface area (Å²) in [5, 5.41) is 4.08. The Bertz CT molecular complexity index is 553. The molecule has 0 radical (unpaired) electrons. The van der Waals surface area contributed by atoms with Crippen LogP contribution in [0.2, 0.25) is 0 Å². The number of aryl methyl sites for hydroxylation is 1. The van der Waals surface area contributed by atoms with Gasteiger partial charge >= 0.3 is 5.97 Å². The second-order valence-electron chi connectivity index (χ2n) is 6.30. The molecule has 1 aromatic rings. The van der Waals surface area contributed by atoms with E-state index < -0.39 is 5.41 Å². The molecule has 22 heavy (non-hydrogen) atoms. The van der Waals surface area contributed by atoms with E-state index in [-0.39, 0.29) is 17.8 Å². The molecule has 0 bridgehead atoms. The summed E-state index contributed by atoms with van der Waals surface area (Å²) in [5.74, 6) is 0.00393. The Labute approximate surface area is 131 Å². The highest BCUT2D eigenvalue weighted by molar-refractivity contribution is 5.83. The molecular formula is C16H25N3O3. The van der Waals surface area contributed by atoms with Gasteiger partial charge in [-0.2, -0.15) is 5.10 Å². The van der Waals surface area contributed by atoms with Crippen LogP contribution in [0.4, 0.5) is 0 Å². The Morgan fingerprint density at radius 1 is 1.45 bits per heavy atom. The van der Waals surface area contributed by atoms with Gasteiger partial charge in [0.15, 0.2) is 0 Å². The zero-order chi connectivity index (χ0) is 16.3. The van der Waals surface area contributed by atoms with Crippen LogP contribution in [-0.4, -0.2) is 46.3 Å². The maximum atomic E-state index is 12.5. The van der Waals surface area contributed by atoms with Crippen LogP contribution in [0.5, 0.6) is 0 Å². The van der Waals surface area contributed by atoms with E-state index in [9.17, 15) is 9.59 Å². The quantitative estimate of drug-likeness (QED) is 0.771. The van der Waals surface area contributed by atoms with Gasteiger partial charge in [0, 0.05) is 26.3 Å². The molecule has 6 heteroatoms. The van der Waals surface area contributed by atoms with Crippen molar-refractivity contribution in [2.45, 2.75) is 33.6 Å². The van der Waals surface area contributed by atoms with Crippen LogP contribution in [-0.2, 0) is 27.8 Å². The number of aromatic nitrogens is 2. The molecule has 6 nitrogen and oxygen atoms in total. The van der Waals surface area contributed by atoms with Gasteiger partial charge < -0.3 is 9.64 Å². The summed E-state index contributed by atoms with van der Waals surface area (Å²) >= 11 is 0. The van der Waals surface area contributed by atoms with Crippen molar-refractivity contribution in [3.8, 4) is 0 Å². The van der Waals surface area contributed by atoms with Crippen LogP contribution < -0.4 is 0 Å². The topological polar surface area (TPSA) is 64.4 Å². The minimum Gasteiger partial charge on any atom is -0.466 e. The van der Waals surface area contributed by atoms with Gasteiger partial charge in [0.05, 0.1) is 24.6 Å².